The molecule has 2 N–H and O–H groups in total. The van der Waals surface area contributed by atoms with E-state index < -0.39 is 0 Å². The molecule has 0 atom stereocenters. The van der Waals surface area contributed by atoms with E-state index in [0.29, 0.717) is 43.2 Å². The third-order valence-electron chi connectivity index (χ3n) is 2.92. The maximum atomic E-state index is 12.2. The van der Waals surface area contributed by atoms with Crippen LogP contribution in [-0.4, -0.2) is 40.8 Å². The zero-order valence-electron chi connectivity index (χ0n) is 10.8. The summed E-state index contributed by atoms with van der Waals surface area (Å²) in [7, 11) is 0. The lowest BCUT2D eigenvalue weighted by molar-refractivity contribution is 0.0943. The number of para-hydroxylation sites is 1. The molecule has 0 saturated heterocycles. The fourth-order valence-electron chi connectivity index (χ4n) is 1.99. The Balaban J connectivity index is 1.65. The highest BCUT2D eigenvalue weighted by Gasteiger charge is 2.19. The van der Waals surface area contributed by atoms with E-state index in [9.17, 15) is 4.79 Å². The molecule has 3 rings (SSSR count). The summed E-state index contributed by atoms with van der Waals surface area (Å²) in [5.74, 6) is 1.67. The third-order valence-corrected chi connectivity index (χ3v) is 2.92. The molecule has 2 aromatic rings. The minimum Gasteiger partial charge on any atom is -0.486 e. The highest BCUT2D eigenvalue weighted by Crippen LogP contribution is 2.33. The summed E-state index contributed by atoms with van der Waals surface area (Å²) in [6, 6.07) is 5.29. The van der Waals surface area contributed by atoms with Crippen molar-refractivity contribution in [3.8, 4) is 11.5 Å². The highest BCUT2D eigenvalue weighted by atomic mass is 16.6. The first kappa shape index (κ1) is 12.5. The molecule has 0 aliphatic carbocycles. The molecule has 1 aromatic carbocycles. The van der Waals surface area contributed by atoms with Gasteiger partial charge in [-0.25, -0.2) is 4.98 Å². The van der Waals surface area contributed by atoms with Gasteiger partial charge >= 0.3 is 0 Å². The van der Waals surface area contributed by atoms with Crippen molar-refractivity contribution >= 4 is 5.91 Å². The van der Waals surface area contributed by atoms with Crippen LogP contribution in [0.4, 0.5) is 0 Å². The molecule has 7 heteroatoms. The molecule has 2 heterocycles. The molecule has 0 saturated carbocycles. The van der Waals surface area contributed by atoms with Crippen LogP contribution in [-0.2, 0) is 6.42 Å². The Morgan fingerprint density at radius 2 is 2.25 bits per heavy atom. The Kier molecular flexibility index (Phi) is 3.49. The van der Waals surface area contributed by atoms with Crippen molar-refractivity contribution in [1.29, 1.82) is 0 Å². The Morgan fingerprint density at radius 1 is 1.35 bits per heavy atom. The number of hydrogen-bond donors (Lipinski definition) is 2. The van der Waals surface area contributed by atoms with Crippen LogP contribution in [0, 0.1) is 0 Å². The van der Waals surface area contributed by atoms with E-state index in [2.05, 4.69) is 20.5 Å². The third kappa shape index (κ3) is 2.56. The van der Waals surface area contributed by atoms with E-state index in [0.717, 1.165) is 5.82 Å². The fourth-order valence-corrected chi connectivity index (χ4v) is 1.99. The van der Waals surface area contributed by atoms with Gasteiger partial charge in [0, 0.05) is 13.0 Å². The maximum absolute atomic E-state index is 12.2. The highest BCUT2D eigenvalue weighted by molar-refractivity contribution is 5.97. The summed E-state index contributed by atoms with van der Waals surface area (Å²) in [5.41, 5.74) is 0.486. The van der Waals surface area contributed by atoms with E-state index in [1.807, 2.05) is 0 Å². The van der Waals surface area contributed by atoms with Crippen LogP contribution in [0.5, 0.6) is 11.5 Å². The molecule has 7 nitrogen and oxygen atoms in total. The molecule has 0 radical (unpaired) electrons. The summed E-state index contributed by atoms with van der Waals surface area (Å²) in [6.07, 6.45) is 2.04. The van der Waals surface area contributed by atoms with Crippen LogP contribution in [0.15, 0.2) is 24.5 Å². The van der Waals surface area contributed by atoms with Crippen molar-refractivity contribution in [3.05, 3.63) is 35.9 Å². The summed E-state index contributed by atoms with van der Waals surface area (Å²) >= 11 is 0. The number of carbonyl (C=O) groups is 1. The van der Waals surface area contributed by atoms with E-state index in [4.69, 9.17) is 9.47 Å². The second-order valence-electron chi connectivity index (χ2n) is 4.27. The molecule has 1 aromatic heterocycles. The van der Waals surface area contributed by atoms with Crippen LogP contribution >= 0.6 is 0 Å². The first-order valence-electron chi connectivity index (χ1n) is 6.35. The van der Waals surface area contributed by atoms with E-state index in [1.54, 1.807) is 18.2 Å². The lowest BCUT2D eigenvalue weighted by Crippen LogP contribution is -2.27. The monoisotopic (exact) mass is 274 g/mol. The number of nitrogens with one attached hydrogen (secondary N) is 2. The summed E-state index contributed by atoms with van der Waals surface area (Å²) < 4.78 is 11.0. The lowest BCUT2D eigenvalue weighted by Gasteiger charge is -2.20. The Morgan fingerprint density at radius 3 is 3.10 bits per heavy atom. The second-order valence-corrected chi connectivity index (χ2v) is 4.27. The molecular formula is C13H14N4O3. The van der Waals surface area contributed by atoms with Gasteiger partial charge < -0.3 is 14.8 Å². The Bertz CT molecular complexity index is 598. The van der Waals surface area contributed by atoms with Gasteiger partial charge in [-0.3, -0.25) is 9.89 Å². The number of amides is 1. The van der Waals surface area contributed by atoms with Crippen molar-refractivity contribution in [2.45, 2.75) is 6.42 Å². The zero-order valence-corrected chi connectivity index (χ0v) is 10.8. The summed E-state index contributed by atoms with van der Waals surface area (Å²) in [5, 5.41) is 9.32. The van der Waals surface area contributed by atoms with Gasteiger partial charge in [0.1, 0.15) is 25.4 Å². The minimum absolute atomic E-state index is 0.188. The number of fused-ring (bicyclic) bond motifs is 1. The number of aromatic amines is 1. The molecule has 0 bridgehead atoms. The molecule has 0 fully saturated rings. The number of aromatic nitrogens is 3. The average Bonchev–Trinajstić information content (AvgIpc) is 3.00. The Labute approximate surface area is 115 Å². The first-order chi connectivity index (χ1) is 9.84. The van der Waals surface area contributed by atoms with Crippen LogP contribution in [0.3, 0.4) is 0 Å². The van der Waals surface area contributed by atoms with Gasteiger partial charge in [-0.05, 0) is 12.1 Å². The molecule has 0 unspecified atom stereocenters. The topological polar surface area (TPSA) is 89.1 Å². The predicted octanol–water partition coefficient (Wildman–Crippen LogP) is 0.548. The van der Waals surface area contributed by atoms with Crippen LogP contribution in [0.2, 0.25) is 0 Å². The van der Waals surface area contributed by atoms with Crippen LogP contribution < -0.4 is 14.8 Å². The van der Waals surface area contributed by atoms with Gasteiger partial charge in [0.2, 0.25) is 0 Å². The van der Waals surface area contributed by atoms with Gasteiger partial charge in [0.05, 0.1) is 5.56 Å². The number of H-pyrrole nitrogens is 1. The second kappa shape index (κ2) is 5.60. The van der Waals surface area contributed by atoms with Crippen LogP contribution in [0.25, 0.3) is 0 Å². The average molecular weight is 274 g/mol. The number of carbonyl (C=O) groups excluding carboxylic acids is 1. The smallest absolute Gasteiger partial charge is 0.255 e. The summed E-state index contributed by atoms with van der Waals surface area (Å²) in [4.78, 5) is 16.1. The van der Waals surface area contributed by atoms with Gasteiger partial charge in [0.25, 0.3) is 5.91 Å². The van der Waals surface area contributed by atoms with Gasteiger partial charge in [-0.1, -0.05) is 6.07 Å². The molecule has 1 amide bonds. The molecular weight excluding hydrogens is 260 g/mol. The normalized spacial score (nSPS) is 13.0. The molecule has 0 spiro atoms. The molecule has 1 aliphatic heterocycles. The number of hydrogen-bond acceptors (Lipinski definition) is 5. The zero-order chi connectivity index (χ0) is 13.8. The van der Waals surface area contributed by atoms with E-state index in [-0.39, 0.29) is 5.91 Å². The molecule has 20 heavy (non-hydrogen) atoms. The van der Waals surface area contributed by atoms with E-state index in [1.165, 1.54) is 6.33 Å². The quantitative estimate of drug-likeness (QED) is 0.849. The standard InChI is InChI=1S/C13H14N4O3/c18-13(14-5-4-11-15-8-16-17-11)9-2-1-3-10-12(9)20-7-6-19-10/h1-3,8H,4-7H2,(H,14,18)(H,15,16,17). The lowest BCUT2D eigenvalue weighted by atomic mass is 10.1. The molecule has 104 valence electrons. The van der Waals surface area contributed by atoms with Crippen LogP contribution in [0.1, 0.15) is 16.2 Å². The van der Waals surface area contributed by atoms with Gasteiger partial charge in [-0.2, -0.15) is 5.10 Å². The van der Waals surface area contributed by atoms with Gasteiger partial charge in [0.15, 0.2) is 11.5 Å². The molecule has 1 aliphatic rings. The van der Waals surface area contributed by atoms with Crippen molar-refractivity contribution in [3.63, 3.8) is 0 Å². The predicted molar refractivity (Wildman–Crippen MR) is 69.9 cm³/mol. The summed E-state index contributed by atoms with van der Waals surface area (Å²) in [6.45, 7) is 1.43. The Hall–Kier alpha value is -2.57. The van der Waals surface area contributed by atoms with Crippen molar-refractivity contribution < 1.29 is 14.3 Å². The SMILES string of the molecule is O=C(NCCc1ncn[nH]1)c1cccc2c1OCCO2. The number of benzene rings is 1. The minimum atomic E-state index is -0.188. The number of nitrogens with zero attached hydrogens (tertiary/aromatic N) is 2. The largest absolute Gasteiger partial charge is 0.486 e. The first-order valence-corrected chi connectivity index (χ1v) is 6.35. The van der Waals surface area contributed by atoms with Crippen molar-refractivity contribution in [2.75, 3.05) is 19.8 Å². The van der Waals surface area contributed by atoms with Crippen molar-refractivity contribution in [1.82, 2.24) is 20.5 Å². The fraction of sp³-hybridized carbons (Fsp3) is 0.308. The van der Waals surface area contributed by atoms with Crippen molar-refractivity contribution in [2.24, 2.45) is 0 Å². The van der Waals surface area contributed by atoms with E-state index >= 15 is 0 Å². The number of ether oxygens (including phenoxy) is 2. The number of rotatable bonds is 4. The van der Waals surface area contributed by atoms with Gasteiger partial charge in [-0.15, -0.1) is 0 Å². The maximum Gasteiger partial charge on any atom is 0.255 e.